The molecule has 2 aromatic carbocycles. The van der Waals surface area contributed by atoms with Crippen LogP contribution in [-0.2, 0) is 4.84 Å². The second kappa shape index (κ2) is 10.4. The summed E-state index contributed by atoms with van der Waals surface area (Å²) >= 11 is 0. The summed E-state index contributed by atoms with van der Waals surface area (Å²) in [4.78, 5) is 24.8. The van der Waals surface area contributed by atoms with Crippen LogP contribution in [0.2, 0.25) is 0 Å². The molecule has 3 aromatic rings. The number of ketones is 1. The number of aryl methyl sites for hydroxylation is 1. The highest BCUT2D eigenvalue weighted by Gasteiger charge is 2.32. The van der Waals surface area contributed by atoms with Gasteiger partial charge < -0.3 is 19.0 Å². The summed E-state index contributed by atoms with van der Waals surface area (Å²) in [6, 6.07) is 12.0. The van der Waals surface area contributed by atoms with E-state index in [9.17, 15) is 9.18 Å². The van der Waals surface area contributed by atoms with E-state index in [0.717, 1.165) is 53.5 Å². The Morgan fingerprint density at radius 1 is 1.28 bits per heavy atom. The first kappa shape index (κ1) is 23.8. The number of ether oxygens (including phenoxy) is 1. The second-order valence-electron chi connectivity index (χ2n) is 9.16. The highest BCUT2D eigenvalue weighted by molar-refractivity contribution is 6.03. The van der Waals surface area contributed by atoms with E-state index in [1.807, 2.05) is 29.8 Å². The van der Waals surface area contributed by atoms with Crippen LogP contribution >= 0.6 is 0 Å². The molecule has 186 valence electrons. The van der Waals surface area contributed by atoms with Crippen LogP contribution in [0.1, 0.15) is 47.3 Å². The third-order valence-electron chi connectivity index (χ3n) is 6.65. The molecule has 0 spiro atoms. The minimum Gasteiger partial charge on any atom is -0.495 e. The Hall–Kier alpha value is -3.94. The van der Waals surface area contributed by atoms with Crippen LogP contribution in [0.15, 0.2) is 65.7 Å². The Bertz CT molecular complexity index is 1330. The maximum atomic E-state index is 13.5. The number of amidine groups is 1. The van der Waals surface area contributed by atoms with Gasteiger partial charge in [-0.2, -0.15) is 0 Å². The summed E-state index contributed by atoms with van der Waals surface area (Å²) in [7, 11) is 1.66. The number of fused-ring (bicyclic) bond motifs is 1. The molecule has 3 heterocycles. The van der Waals surface area contributed by atoms with Crippen molar-refractivity contribution in [1.82, 2.24) is 14.5 Å². The lowest BCUT2D eigenvalue weighted by molar-refractivity contribution is 0.0528. The first-order valence-electron chi connectivity index (χ1n) is 12.2. The third kappa shape index (κ3) is 5.03. The number of hydrogen-bond donors (Lipinski definition) is 0. The molecule has 2 aliphatic heterocycles. The summed E-state index contributed by atoms with van der Waals surface area (Å²) in [6.45, 7) is 3.24. The zero-order valence-corrected chi connectivity index (χ0v) is 20.5. The summed E-state index contributed by atoms with van der Waals surface area (Å²) in [5.41, 5.74) is 4.37. The second-order valence-corrected chi connectivity index (χ2v) is 9.16. The predicted octanol–water partition coefficient (Wildman–Crippen LogP) is 5.18. The zero-order chi connectivity index (χ0) is 25.1. The molecular weight excluding hydrogens is 459 g/mol. The van der Waals surface area contributed by atoms with Gasteiger partial charge in [-0.15, -0.1) is 0 Å². The molecule has 7 nitrogen and oxygen atoms in total. The molecule has 8 heteroatoms. The number of rotatable bonds is 7. The van der Waals surface area contributed by atoms with E-state index in [4.69, 9.17) is 9.57 Å². The van der Waals surface area contributed by atoms with E-state index in [2.05, 4.69) is 27.2 Å². The van der Waals surface area contributed by atoms with Gasteiger partial charge >= 0.3 is 0 Å². The fourth-order valence-electron chi connectivity index (χ4n) is 4.81. The Balaban J connectivity index is 1.32. The van der Waals surface area contributed by atoms with Gasteiger partial charge in [0.25, 0.3) is 0 Å². The van der Waals surface area contributed by atoms with Crippen molar-refractivity contribution in [2.75, 3.05) is 20.3 Å². The van der Waals surface area contributed by atoms with Crippen molar-refractivity contribution in [3.63, 3.8) is 0 Å². The third-order valence-corrected chi connectivity index (χ3v) is 6.65. The predicted molar refractivity (Wildman–Crippen MR) is 136 cm³/mol. The smallest absolute Gasteiger partial charge is 0.171 e. The Morgan fingerprint density at radius 3 is 2.94 bits per heavy atom. The molecule has 36 heavy (non-hydrogen) atoms. The molecule has 0 unspecified atom stereocenters. The van der Waals surface area contributed by atoms with Crippen molar-refractivity contribution < 1.29 is 18.8 Å². The highest BCUT2D eigenvalue weighted by atomic mass is 19.1. The minimum atomic E-state index is -0.396. The van der Waals surface area contributed by atoms with Crippen molar-refractivity contribution in [3.8, 4) is 11.4 Å². The van der Waals surface area contributed by atoms with Crippen LogP contribution in [0.4, 0.5) is 4.39 Å². The fraction of sp³-hybridized carbons (Fsp3) is 0.321. The van der Waals surface area contributed by atoms with Gasteiger partial charge in [0.15, 0.2) is 11.6 Å². The average molecular weight is 489 g/mol. The molecule has 0 amide bonds. The number of hydrogen-bond acceptors (Lipinski definition) is 6. The maximum Gasteiger partial charge on any atom is 0.171 e. The number of benzene rings is 2. The number of Topliss-reactive ketones (excluding diaryl/α,β-unsaturated/α-hetero) is 1. The Labute approximate surface area is 209 Å². The zero-order valence-electron chi connectivity index (χ0n) is 20.5. The van der Waals surface area contributed by atoms with E-state index >= 15 is 0 Å². The van der Waals surface area contributed by atoms with Crippen LogP contribution in [0, 0.1) is 12.7 Å². The number of carbonyl (C=O) groups excluding carboxylic acids is 1. The summed E-state index contributed by atoms with van der Waals surface area (Å²) in [5.74, 6) is 1.12. The molecule has 1 fully saturated rings. The topological polar surface area (TPSA) is 69.0 Å². The van der Waals surface area contributed by atoms with Crippen molar-refractivity contribution >= 4 is 17.7 Å². The Morgan fingerprint density at radius 2 is 2.17 bits per heavy atom. The highest BCUT2D eigenvalue weighted by Crippen LogP contribution is 2.30. The normalized spacial score (nSPS) is 18.4. The molecule has 1 saturated heterocycles. The first-order chi connectivity index (χ1) is 17.5. The number of aromatic nitrogens is 2. The van der Waals surface area contributed by atoms with Crippen LogP contribution in [0.25, 0.3) is 11.8 Å². The maximum absolute atomic E-state index is 13.5. The lowest BCUT2D eigenvalue weighted by atomic mass is 9.96. The fourth-order valence-corrected chi connectivity index (χ4v) is 4.81. The monoisotopic (exact) mass is 488 g/mol. The van der Waals surface area contributed by atoms with Crippen LogP contribution in [-0.4, -0.2) is 52.4 Å². The number of oxime groups is 1. The number of halogens is 1. The molecular formula is C28H29FN4O3. The van der Waals surface area contributed by atoms with E-state index in [-0.39, 0.29) is 11.8 Å². The molecule has 0 radical (unpaired) electrons. The van der Waals surface area contributed by atoms with Gasteiger partial charge in [0.1, 0.15) is 18.2 Å². The average Bonchev–Trinajstić information content (AvgIpc) is 3.33. The van der Waals surface area contributed by atoms with Crippen LogP contribution in [0.3, 0.4) is 0 Å². The van der Waals surface area contributed by atoms with Crippen LogP contribution in [0.5, 0.6) is 5.75 Å². The lowest BCUT2D eigenvalue weighted by Crippen LogP contribution is -2.49. The van der Waals surface area contributed by atoms with Gasteiger partial charge in [-0.05, 0) is 67.7 Å². The molecule has 2 aliphatic rings. The van der Waals surface area contributed by atoms with E-state index in [1.54, 1.807) is 25.6 Å². The first-order valence-corrected chi connectivity index (χ1v) is 12.2. The van der Waals surface area contributed by atoms with E-state index < -0.39 is 5.82 Å². The molecule has 1 atom stereocenters. The standard InChI is InChI=1S/C28H29FN4O3/c1-19-16-32(18-30-19)25-10-8-20(14-27(25)35-2)13-22-6-4-12-33-24(17-36-31-28(22)33)9-11-26(34)21-5-3-7-23(29)15-21/h3,5,7-8,10,13-16,18,24H,4,6,9,11-12,17H2,1-2H3/b22-13+/t24-/m0/s1. The van der Waals surface area contributed by atoms with Crippen LogP contribution < -0.4 is 4.74 Å². The number of nitrogens with zero attached hydrogens (tertiary/aromatic N) is 4. The summed E-state index contributed by atoms with van der Waals surface area (Å²) < 4.78 is 21.1. The number of piperidine rings is 1. The largest absolute Gasteiger partial charge is 0.495 e. The number of carbonyl (C=O) groups is 1. The van der Waals surface area contributed by atoms with E-state index in [1.165, 1.54) is 12.1 Å². The quantitative estimate of drug-likeness (QED) is 0.429. The molecule has 0 aliphatic carbocycles. The van der Waals surface area contributed by atoms with Gasteiger partial charge in [0, 0.05) is 24.7 Å². The molecule has 5 rings (SSSR count). The molecule has 0 saturated carbocycles. The van der Waals surface area contributed by atoms with Crippen molar-refractivity contribution in [2.45, 2.75) is 38.6 Å². The number of imidazole rings is 1. The van der Waals surface area contributed by atoms with E-state index in [0.29, 0.717) is 25.0 Å². The summed E-state index contributed by atoms with van der Waals surface area (Å²) in [6.07, 6.45) is 8.68. The lowest BCUT2D eigenvalue weighted by Gasteiger charge is -2.40. The van der Waals surface area contributed by atoms with Gasteiger partial charge in [0.2, 0.25) is 0 Å². The van der Waals surface area contributed by atoms with Gasteiger partial charge in [-0.25, -0.2) is 9.37 Å². The Kier molecular flexibility index (Phi) is 6.84. The minimum absolute atomic E-state index is 0.0418. The van der Waals surface area contributed by atoms with Gasteiger partial charge in [0.05, 0.1) is 30.9 Å². The van der Waals surface area contributed by atoms with Gasteiger partial charge in [-0.1, -0.05) is 23.4 Å². The number of methoxy groups -OCH3 is 1. The van der Waals surface area contributed by atoms with Gasteiger partial charge in [-0.3, -0.25) is 4.79 Å². The summed E-state index contributed by atoms with van der Waals surface area (Å²) in [5, 5.41) is 4.38. The molecule has 0 bridgehead atoms. The van der Waals surface area contributed by atoms with Crippen molar-refractivity contribution in [1.29, 1.82) is 0 Å². The SMILES string of the molecule is COc1cc(/C=C2\CCCN3C2=NOC[C@@H]3CCC(=O)c2cccc(F)c2)ccc1-n1cnc(C)c1. The van der Waals surface area contributed by atoms with Crippen molar-refractivity contribution in [3.05, 3.63) is 83.2 Å². The molecule has 1 aromatic heterocycles. The van der Waals surface area contributed by atoms with Crippen molar-refractivity contribution in [2.24, 2.45) is 5.16 Å². The molecule has 0 N–H and O–H groups in total.